The highest BCUT2D eigenvalue weighted by Gasteiger charge is 2.39. The Bertz CT molecular complexity index is 696. The second-order valence-corrected chi connectivity index (χ2v) is 6.39. The van der Waals surface area contributed by atoms with Crippen LogP contribution in [0.4, 0.5) is 0 Å². The third kappa shape index (κ3) is 3.09. The molecule has 1 heterocycles. The fourth-order valence-electron chi connectivity index (χ4n) is 2.26. The molecule has 1 fully saturated rings. The molecule has 3 rings (SSSR count). The van der Waals surface area contributed by atoms with Crippen molar-refractivity contribution in [1.82, 2.24) is 5.32 Å². The molecule has 1 aliphatic rings. The monoisotopic (exact) mass is 320 g/mol. The third-order valence-corrected chi connectivity index (χ3v) is 4.69. The van der Waals surface area contributed by atoms with Gasteiger partial charge in [-0.25, -0.2) is 0 Å². The molecule has 1 aromatic heterocycles. The van der Waals surface area contributed by atoms with Crippen LogP contribution in [0.2, 0.25) is 5.02 Å². The molecule has 2 atom stereocenters. The summed E-state index contributed by atoms with van der Waals surface area (Å²) in [5, 5.41) is 5.28. The summed E-state index contributed by atoms with van der Waals surface area (Å²) in [6.07, 6.45) is 0.918. The standard InChI is InChI=1S/C15H13ClN2O2S/c16-10-3-1-8(2-4-10)11-6-12(11)18-15(20)13-5-9(7-21-13)14(17)19/h1-5,7,11-12H,6H2,(H2,17,19)(H,18,20)/t11-,12+/m1/s1. The van der Waals surface area contributed by atoms with Crippen LogP contribution in [-0.2, 0) is 0 Å². The molecule has 0 unspecified atom stereocenters. The van der Waals surface area contributed by atoms with Gasteiger partial charge >= 0.3 is 0 Å². The van der Waals surface area contributed by atoms with E-state index in [4.69, 9.17) is 17.3 Å². The molecule has 1 aromatic carbocycles. The molecule has 0 radical (unpaired) electrons. The minimum absolute atomic E-state index is 0.137. The van der Waals surface area contributed by atoms with Crippen LogP contribution in [0.25, 0.3) is 0 Å². The lowest BCUT2D eigenvalue weighted by atomic mass is 10.1. The lowest BCUT2D eigenvalue weighted by molar-refractivity contribution is 0.0954. The van der Waals surface area contributed by atoms with Crippen molar-refractivity contribution >= 4 is 34.8 Å². The first-order valence-electron chi connectivity index (χ1n) is 6.49. The highest BCUT2D eigenvalue weighted by molar-refractivity contribution is 7.12. The summed E-state index contributed by atoms with van der Waals surface area (Å²) in [7, 11) is 0. The van der Waals surface area contributed by atoms with Gasteiger partial charge in [-0.2, -0.15) is 0 Å². The van der Waals surface area contributed by atoms with E-state index in [0.29, 0.717) is 21.4 Å². The van der Waals surface area contributed by atoms with E-state index in [9.17, 15) is 9.59 Å². The maximum Gasteiger partial charge on any atom is 0.261 e. The number of primary amides is 1. The highest BCUT2D eigenvalue weighted by Crippen LogP contribution is 2.41. The Kier molecular flexibility index (Phi) is 3.69. The van der Waals surface area contributed by atoms with Crippen LogP contribution >= 0.6 is 22.9 Å². The van der Waals surface area contributed by atoms with E-state index in [0.717, 1.165) is 6.42 Å². The second kappa shape index (κ2) is 5.50. The SMILES string of the molecule is NC(=O)c1csc(C(=O)N[C@H]2C[C@@H]2c2ccc(Cl)cc2)c1. The molecule has 3 N–H and O–H groups in total. The van der Waals surface area contributed by atoms with E-state index >= 15 is 0 Å². The fraction of sp³-hybridized carbons (Fsp3) is 0.200. The molecule has 108 valence electrons. The van der Waals surface area contributed by atoms with Gasteiger partial charge in [0, 0.05) is 22.4 Å². The predicted molar refractivity (Wildman–Crippen MR) is 82.9 cm³/mol. The summed E-state index contributed by atoms with van der Waals surface area (Å²) >= 11 is 7.08. The molecule has 0 saturated heterocycles. The Morgan fingerprint density at radius 1 is 1.29 bits per heavy atom. The van der Waals surface area contributed by atoms with Crippen molar-refractivity contribution in [3.63, 3.8) is 0 Å². The Balaban J connectivity index is 1.61. The van der Waals surface area contributed by atoms with Gasteiger partial charge in [0.1, 0.15) is 0 Å². The first-order valence-corrected chi connectivity index (χ1v) is 7.75. The topological polar surface area (TPSA) is 72.2 Å². The van der Waals surface area contributed by atoms with E-state index in [2.05, 4.69) is 5.32 Å². The maximum absolute atomic E-state index is 12.1. The number of hydrogen-bond donors (Lipinski definition) is 2. The van der Waals surface area contributed by atoms with Crippen LogP contribution < -0.4 is 11.1 Å². The number of rotatable bonds is 4. The molecular weight excluding hydrogens is 308 g/mol. The number of thiophene rings is 1. The molecule has 6 heteroatoms. The minimum atomic E-state index is -0.518. The zero-order chi connectivity index (χ0) is 15.0. The molecule has 0 aliphatic heterocycles. The average Bonchev–Trinajstić information content (AvgIpc) is 3.03. The van der Waals surface area contributed by atoms with Crippen molar-refractivity contribution in [2.75, 3.05) is 0 Å². The van der Waals surface area contributed by atoms with E-state index in [-0.39, 0.29) is 11.9 Å². The van der Waals surface area contributed by atoms with Crippen molar-refractivity contribution in [1.29, 1.82) is 0 Å². The van der Waals surface area contributed by atoms with Gasteiger partial charge in [0.05, 0.1) is 10.4 Å². The fourth-order valence-corrected chi connectivity index (χ4v) is 3.18. The number of hydrogen-bond acceptors (Lipinski definition) is 3. The predicted octanol–water partition coefficient (Wildman–Crippen LogP) is 2.79. The Hall–Kier alpha value is -1.85. The van der Waals surface area contributed by atoms with Crippen molar-refractivity contribution in [2.45, 2.75) is 18.4 Å². The van der Waals surface area contributed by atoms with Crippen LogP contribution in [0.3, 0.4) is 0 Å². The van der Waals surface area contributed by atoms with Crippen LogP contribution in [0, 0.1) is 0 Å². The largest absolute Gasteiger partial charge is 0.366 e. The van der Waals surface area contributed by atoms with Gasteiger partial charge < -0.3 is 11.1 Å². The molecule has 1 saturated carbocycles. The lowest BCUT2D eigenvalue weighted by Crippen LogP contribution is -2.25. The lowest BCUT2D eigenvalue weighted by Gasteiger charge is -2.03. The summed E-state index contributed by atoms with van der Waals surface area (Å²) in [5.41, 5.74) is 6.72. The van der Waals surface area contributed by atoms with Gasteiger partial charge in [-0.1, -0.05) is 23.7 Å². The van der Waals surface area contributed by atoms with E-state index in [1.165, 1.54) is 23.0 Å². The number of benzene rings is 1. The third-order valence-electron chi connectivity index (χ3n) is 3.51. The number of nitrogens with one attached hydrogen (secondary N) is 1. The average molecular weight is 321 g/mol. The molecule has 2 amide bonds. The Morgan fingerprint density at radius 2 is 2.00 bits per heavy atom. The molecule has 0 bridgehead atoms. The molecule has 1 aliphatic carbocycles. The zero-order valence-corrected chi connectivity index (χ0v) is 12.6. The van der Waals surface area contributed by atoms with Gasteiger partial charge in [0.2, 0.25) is 5.91 Å². The number of carbonyl (C=O) groups is 2. The second-order valence-electron chi connectivity index (χ2n) is 5.04. The summed E-state index contributed by atoms with van der Waals surface area (Å²) < 4.78 is 0. The van der Waals surface area contributed by atoms with E-state index < -0.39 is 5.91 Å². The zero-order valence-electron chi connectivity index (χ0n) is 11.0. The van der Waals surface area contributed by atoms with E-state index in [1.807, 2.05) is 24.3 Å². The number of halogens is 1. The number of amides is 2. The summed E-state index contributed by atoms with van der Waals surface area (Å²) in [4.78, 5) is 23.6. The van der Waals surface area contributed by atoms with Crippen molar-refractivity contribution < 1.29 is 9.59 Å². The molecule has 2 aromatic rings. The number of nitrogens with two attached hydrogens (primary N) is 1. The first kappa shape index (κ1) is 14.1. The van der Waals surface area contributed by atoms with Crippen LogP contribution in [-0.4, -0.2) is 17.9 Å². The van der Waals surface area contributed by atoms with Gasteiger partial charge in [0.25, 0.3) is 5.91 Å². The van der Waals surface area contributed by atoms with E-state index in [1.54, 1.807) is 5.38 Å². The van der Waals surface area contributed by atoms with Gasteiger partial charge in [0.15, 0.2) is 0 Å². The summed E-state index contributed by atoms with van der Waals surface area (Å²) in [6, 6.07) is 9.34. The van der Waals surface area contributed by atoms with Crippen LogP contribution in [0.1, 0.15) is 37.9 Å². The molecule has 0 spiro atoms. The Morgan fingerprint density at radius 3 is 2.62 bits per heavy atom. The quantitative estimate of drug-likeness (QED) is 0.909. The van der Waals surface area contributed by atoms with Crippen molar-refractivity contribution in [2.24, 2.45) is 5.73 Å². The van der Waals surface area contributed by atoms with Gasteiger partial charge in [-0.15, -0.1) is 11.3 Å². The smallest absolute Gasteiger partial charge is 0.261 e. The van der Waals surface area contributed by atoms with Gasteiger partial charge in [-0.3, -0.25) is 9.59 Å². The van der Waals surface area contributed by atoms with Gasteiger partial charge in [-0.05, 0) is 30.2 Å². The molecular formula is C15H13ClN2O2S. The normalized spacial score (nSPS) is 20.0. The van der Waals surface area contributed by atoms with Crippen molar-refractivity contribution in [3.8, 4) is 0 Å². The van der Waals surface area contributed by atoms with Crippen LogP contribution in [0.5, 0.6) is 0 Å². The first-order chi connectivity index (χ1) is 10.0. The van der Waals surface area contributed by atoms with Crippen molar-refractivity contribution in [3.05, 3.63) is 56.7 Å². The highest BCUT2D eigenvalue weighted by atomic mass is 35.5. The Labute approximate surface area is 130 Å². The molecule has 4 nitrogen and oxygen atoms in total. The minimum Gasteiger partial charge on any atom is -0.366 e. The molecule has 21 heavy (non-hydrogen) atoms. The summed E-state index contributed by atoms with van der Waals surface area (Å²) in [6.45, 7) is 0. The van der Waals surface area contributed by atoms with Crippen LogP contribution in [0.15, 0.2) is 35.7 Å². The summed E-state index contributed by atoms with van der Waals surface area (Å²) in [5.74, 6) is -0.341. The number of carbonyl (C=O) groups excluding carboxylic acids is 2. The maximum atomic E-state index is 12.1.